The molecule has 0 saturated carbocycles. The van der Waals surface area contributed by atoms with Crippen molar-refractivity contribution in [2.45, 2.75) is 20.3 Å². The van der Waals surface area contributed by atoms with Gasteiger partial charge in [0.15, 0.2) is 0 Å². The van der Waals surface area contributed by atoms with Gasteiger partial charge < -0.3 is 10.2 Å². The van der Waals surface area contributed by atoms with Crippen LogP contribution in [0.25, 0.3) is 0 Å². The molecule has 0 fully saturated rings. The molecule has 80 valence electrons. The average molecular weight is 209 g/mol. The van der Waals surface area contributed by atoms with Crippen LogP contribution in [0.4, 0.5) is 0 Å². The predicted molar refractivity (Wildman–Crippen MR) is 58.3 cm³/mol. The van der Waals surface area contributed by atoms with Crippen LogP contribution in [0.15, 0.2) is 0 Å². The maximum Gasteiger partial charge on any atom is 0.222 e. The second-order valence-electron chi connectivity index (χ2n) is 3.60. The zero-order valence-corrected chi connectivity index (χ0v) is 9.78. The van der Waals surface area contributed by atoms with E-state index in [9.17, 15) is 4.79 Å². The standard InChI is InChI=1S/C9H20N2O.ClH/c1-8(2)9(12)10-6-5-7-11(3)4;/h8H,5-7H2,1-4H3,(H,10,12);1H. The largest absolute Gasteiger partial charge is 0.356 e. The van der Waals surface area contributed by atoms with Gasteiger partial charge in [-0.05, 0) is 27.1 Å². The van der Waals surface area contributed by atoms with Crippen molar-refractivity contribution in [3.63, 3.8) is 0 Å². The molecule has 13 heavy (non-hydrogen) atoms. The Morgan fingerprint density at radius 2 is 1.92 bits per heavy atom. The zero-order valence-electron chi connectivity index (χ0n) is 8.96. The number of carbonyl (C=O) groups excluding carboxylic acids is 1. The normalized spacial score (nSPS) is 10.0. The molecule has 0 aromatic carbocycles. The molecule has 0 saturated heterocycles. The molecule has 1 N–H and O–H groups in total. The van der Waals surface area contributed by atoms with Crippen LogP contribution in [-0.4, -0.2) is 38.0 Å². The van der Waals surface area contributed by atoms with Crippen LogP contribution < -0.4 is 5.32 Å². The van der Waals surface area contributed by atoms with Gasteiger partial charge in [0.25, 0.3) is 0 Å². The van der Waals surface area contributed by atoms with Crippen molar-refractivity contribution in [2.24, 2.45) is 5.92 Å². The third kappa shape index (κ3) is 9.64. The van der Waals surface area contributed by atoms with Gasteiger partial charge in [-0.1, -0.05) is 13.8 Å². The van der Waals surface area contributed by atoms with Gasteiger partial charge in [-0.25, -0.2) is 0 Å². The van der Waals surface area contributed by atoms with Gasteiger partial charge in [-0.15, -0.1) is 12.4 Å². The Balaban J connectivity index is 0. The lowest BCUT2D eigenvalue weighted by Crippen LogP contribution is -2.30. The molecule has 0 spiro atoms. The Hall–Kier alpha value is -0.280. The molecule has 3 nitrogen and oxygen atoms in total. The van der Waals surface area contributed by atoms with Gasteiger partial charge in [0, 0.05) is 12.5 Å². The van der Waals surface area contributed by atoms with E-state index in [1.165, 1.54) is 0 Å². The summed E-state index contributed by atoms with van der Waals surface area (Å²) in [5.74, 6) is 0.248. The molecule has 1 amide bonds. The van der Waals surface area contributed by atoms with E-state index in [0.29, 0.717) is 0 Å². The topological polar surface area (TPSA) is 32.3 Å². The molecule has 4 heteroatoms. The van der Waals surface area contributed by atoms with Gasteiger partial charge in [0.1, 0.15) is 0 Å². The first-order valence-corrected chi connectivity index (χ1v) is 4.46. The van der Waals surface area contributed by atoms with Crippen molar-refractivity contribution in [3.8, 4) is 0 Å². The number of rotatable bonds is 5. The van der Waals surface area contributed by atoms with E-state index in [0.717, 1.165) is 19.5 Å². The van der Waals surface area contributed by atoms with E-state index < -0.39 is 0 Å². The highest BCUT2D eigenvalue weighted by Crippen LogP contribution is 1.90. The van der Waals surface area contributed by atoms with Gasteiger partial charge in [-0.2, -0.15) is 0 Å². The van der Waals surface area contributed by atoms with Crippen molar-refractivity contribution in [3.05, 3.63) is 0 Å². The minimum Gasteiger partial charge on any atom is -0.356 e. The first kappa shape index (κ1) is 15.2. The summed E-state index contributed by atoms with van der Waals surface area (Å²) in [6.45, 7) is 5.62. The SMILES string of the molecule is CC(C)C(=O)NCCCN(C)C.Cl. The summed E-state index contributed by atoms with van der Waals surface area (Å²) in [4.78, 5) is 13.2. The molecule has 0 heterocycles. The molecule has 0 bridgehead atoms. The van der Waals surface area contributed by atoms with Crippen molar-refractivity contribution in [1.82, 2.24) is 10.2 Å². The van der Waals surface area contributed by atoms with Crippen LogP contribution in [-0.2, 0) is 4.79 Å². The first-order valence-electron chi connectivity index (χ1n) is 4.46. The Kier molecular flexibility index (Phi) is 9.74. The number of nitrogens with zero attached hydrogens (tertiary/aromatic N) is 1. The van der Waals surface area contributed by atoms with E-state index >= 15 is 0 Å². The van der Waals surface area contributed by atoms with Crippen LogP contribution >= 0.6 is 12.4 Å². The molecule has 0 radical (unpaired) electrons. The van der Waals surface area contributed by atoms with Crippen molar-refractivity contribution in [1.29, 1.82) is 0 Å². The summed E-state index contributed by atoms with van der Waals surface area (Å²) in [5.41, 5.74) is 0. The molecule has 0 aliphatic rings. The van der Waals surface area contributed by atoms with Crippen LogP contribution in [0.5, 0.6) is 0 Å². The van der Waals surface area contributed by atoms with E-state index in [-0.39, 0.29) is 24.2 Å². The molecule has 0 aliphatic heterocycles. The summed E-state index contributed by atoms with van der Waals surface area (Å²) < 4.78 is 0. The lowest BCUT2D eigenvalue weighted by Gasteiger charge is -2.10. The fourth-order valence-corrected chi connectivity index (χ4v) is 0.811. The fourth-order valence-electron chi connectivity index (χ4n) is 0.811. The lowest BCUT2D eigenvalue weighted by molar-refractivity contribution is -0.123. The Morgan fingerprint density at radius 3 is 2.31 bits per heavy atom. The molecule has 0 rings (SSSR count). The molecule has 0 atom stereocenters. The third-order valence-corrected chi connectivity index (χ3v) is 1.61. The number of hydrogen-bond acceptors (Lipinski definition) is 2. The van der Waals surface area contributed by atoms with E-state index in [1.54, 1.807) is 0 Å². The molecule has 0 aromatic rings. The maximum absolute atomic E-state index is 11.1. The third-order valence-electron chi connectivity index (χ3n) is 1.61. The molecule has 0 unspecified atom stereocenters. The molecular weight excluding hydrogens is 188 g/mol. The fraction of sp³-hybridized carbons (Fsp3) is 0.889. The van der Waals surface area contributed by atoms with E-state index in [2.05, 4.69) is 10.2 Å². The lowest BCUT2D eigenvalue weighted by atomic mass is 10.2. The van der Waals surface area contributed by atoms with Crippen molar-refractivity contribution < 1.29 is 4.79 Å². The Labute approximate surface area is 87.3 Å². The highest BCUT2D eigenvalue weighted by atomic mass is 35.5. The number of nitrogens with one attached hydrogen (secondary N) is 1. The van der Waals surface area contributed by atoms with Crippen LogP contribution in [0.2, 0.25) is 0 Å². The summed E-state index contributed by atoms with van der Waals surface area (Å²) in [6.07, 6.45) is 1.02. The highest BCUT2D eigenvalue weighted by molar-refractivity contribution is 5.85. The number of hydrogen-bond donors (Lipinski definition) is 1. The quantitative estimate of drug-likeness (QED) is 0.688. The first-order chi connectivity index (χ1) is 5.54. The minimum absolute atomic E-state index is 0. The van der Waals surface area contributed by atoms with Gasteiger partial charge in [0.05, 0.1) is 0 Å². The van der Waals surface area contributed by atoms with E-state index in [1.807, 2.05) is 27.9 Å². The Bertz CT molecular complexity index is 138. The van der Waals surface area contributed by atoms with Crippen LogP contribution in [0.1, 0.15) is 20.3 Å². The summed E-state index contributed by atoms with van der Waals surface area (Å²) in [5, 5.41) is 2.87. The second kappa shape index (κ2) is 8.32. The van der Waals surface area contributed by atoms with Gasteiger partial charge in [0.2, 0.25) is 5.91 Å². The summed E-state index contributed by atoms with van der Waals surface area (Å²) in [6, 6.07) is 0. The highest BCUT2D eigenvalue weighted by Gasteiger charge is 2.04. The van der Waals surface area contributed by atoms with E-state index in [4.69, 9.17) is 0 Å². The zero-order chi connectivity index (χ0) is 9.56. The predicted octanol–water partition coefficient (Wildman–Crippen LogP) is 1.13. The van der Waals surface area contributed by atoms with Crippen molar-refractivity contribution in [2.75, 3.05) is 27.2 Å². The van der Waals surface area contributed by atoms with Crippen molar-refractivity contribution >= 4 is 18.3 Å². The second-order valence-corrected chi connectivity index (χ2v) is 3.60. The minimum atomic E-state index is 0. The van der Waals surface area contributed by atoms with Crippen LogP contribution in [0, 0.1) is 5.92 Å². The van der Waals surface area contributed by atoms with Gasteiger partial charge in [-0.3, -0.25) is 4.79 Å². The number of amides is 1. The molecule has 0 aliphatic carbocycles. The van der Waals surface area contributed by atoms with Gasteiger partial charge >= 0.3 is 0 Å². The summed E-state index contributed by atoms with van der Waals surface area (Å²) in [7, 11) is 4.06. The molecule has 0 aromatic heterocycles. The Morgan fingerprint density at radius 1 is 1.38 bits per heavy atom. The molecular formula is C9H21ClN2O. The monoisotopic (exact) mass is 208 g/mol. The van der Waals surface area contributed by atoms with Crippen LogP contribution in [0.3, 0.4) is 0 Å². The smallest absolute Gasteiger partial charge is 0.222 e. The number of halogens is 1. The number of carbonyl (C=O) groups is 1. The maximum atomic E-state index is 11.1. The summed E-state index contributed by atoms with van der Waals surface area (Å²) >= 11 is 0. The average Bonchev–Trinajstić information content (AvgIpc) is 1.97.